The van der Waals surface area contributed by atoms with Crippen LogP contribution >= 0.6 is 0 Å². The molecule has 170 valence electrons. The first-order valence-electron chi connectivity index (χ1n) is 11.2. The Balaban J connectivity index is 1.69. The summed E-state index contributed by atoms with van der Waals surface area (Å²) in [6.45, 7) is 4.64. The third-order valence-corrected chi connectivity index (χ3v) is 5.41. The van der Waals surface area contributed by atoms with Crippen molar-refractivity contribution in [3.63, 3.8) is 0 Å². The van der Waals surface area contributed by atoms with Crippen LogP contribution in [0.4, 0.5) is 0 Å². The first-order chi connectivity index (χ1) is 16.0. The Hall–Kier alpha value is -3.41. The van der Waals surface area contributed by atoms with E-state index in [4.69, 9.17) is 9.15 Å². The van der Waals surface area contributed by atoms with E-state index in [0.717, 1.165) is 11.1 Å². The van der Waals surface area contributed by atoms with Gasteiger partial charge in [-0.25, -0.2) is 0 Å². The molecule has 1 heterocycles. The quantitative estimate of drug-likeness (QED) is 0.389. The molecule has 0 amide bonds. The molecule has 5 heteroatoms. The number of hydrogen-bond donors (Lipinski definition) is 2. The summed E-state index contributed by atoms with van der Waals surface area (Å²) in [6, 6.07) is 25.1. The molecule has 4 rings (SSSR count). The van der Waals surface area contributed by atoms with Gasteiger partial charge in [-0.1, -0.05) is 74.5 Å². The molecule has 1 aromatic heterocycles. The number of benzene rings is 3. The lowest BCUT2D eigenvalue weighted by Gasteiger charge is -2.15. The van der Waals surface area contributed by atoms with E-state index in [9.17, 15) is 9.90 Å². The van der Waals surface area contributed by atoms with Gasteiger partial charge < -0.3 is 19.6 Å². The summed E-state index contributed by atoms with van der Waals surface area (Å²) < 4.78 is 12.1. The lowest BCUT2D eigenvalue weighted by atomic mass is 9.98. The molecule has 2 N–H and O–H groups in total. The summed E-state index contributed by atoms with van der Waals surface area (Å²) in [5.74, 6) is 1.16. The van der Waals surface area contributed by atoms with Gasteiger partial charge in [-0.15, -0.1) is 0 Å². The molecule has 0 fully saturated rings. The highest BCUT2D eigenvalue weighted by molar-refractivity contribution is 5.84. The first kappa shape index (κ1) is 22.8. The Labute approximate surface area is 193 Å². The van der Waals surface area contributed by atoms with E-state index >= 15 is 0 Å². The Morgan fingerprint density at radius 1 is 0.970 bits per heavy atom. The van der Waals surface area contributed by atoms with Gasteiger partial charge in [0.2, 0.25) is 5.43 Å². The van der Waals surface area contributed by atoms with Crippen LogP contribution in [-0.2, 0) is 6.42 Å². The second-order valence-corrected chi connectivity index (χ2v) is 8.44. The highest BCUT2D eigenvalue weighted by atomic mass is 16.5. The smallest absolute Gasteiger partial charge is 0.200 e. The number of ether oxygens (including phenoxy) is 1. The lowest BCUT2D eigenvalue weighted by Crippen LogP contribution is -2.35. The molecule has 0 spiro atoms. The summed E-state index contributed by atoms with van der Waals surface area (Å²) in [5.41, 5.74) is 2.88. The molecular weight excluding hydrogens is 414 g/mol. The zero-order chi connectivity index (χ0) is 23.2. The molecule has 0 aliphatic rings. The van der Waals surface area contributed by atoms with Gasteiger partial charge in [0.1, 0.15) is 29.8 Å². The van der Waals surface area contributed by atoms with Gasteiger partial charge >= 0.3 is 0 Å². The molecule has 3 aromatic carbocycles. The summed E-state index contributed by atoms with van der Waals surface area (Å²) in [5, 5.41) is 13.8. The van der Waals surface area contributed by atoms with Crippen molar-refractivity contribution < 1.29 is 14.3 Å². The fraction of sp³-hybridized carbons (Fsp3) is 0.250. The molecule has 0 bridgehead atoms. The van der Waals surface area contributed by atoms with Crippen molar-refractivity contribution in [2.75, 3.05) is 13.2 Å². The van der Waals surface area contributed by atoms with Crippen LogP contribution in [0.3, 0.4) is 0 Å². The maximum atomic E-state index is 13.5. The summed E-state index contributed by atoms with van der Waals surface area (Å²) in [4.78, 5) is 13.5. The van der Waals surface area contributed by atoms with Crippen LogP contribution in [-0.4, -0.2) is 30.4 Å². The number of rotatable bonds is 9. The van der Waals surface area contributed by atoms with Crippen LogP contribution in [0, 0.1) is 0 Å². The average Bonchev–Trinajstić information content (AvgIpc) is 2.82. The third-order valence-electron chi connectivity index (χ3n) is 5.41. The fourth-order valence-corrected chi connectivity index (χ4v) is 3.74. The monoisotopic (exact) mass is 443 g/mol. The predicted molar refractivity (Wildman–Crippen MR) is 132 cm³/mol. The third kappa shape index (κ3) is 5.69. The Morgan fingerprint density at radius 3 is 2.36 bits per heavy atom. The molecule has 0 radical (unpaired) electrons. The van der Waals surface area contributed by atoms with Crippen LogP contribution in [0.25, 0.3) is 22.1 Å². The number of nitrogens with one attached hydrogen (secondary N) is 1. The molecule has 1 atom stereocenters. The maximum Gasteiger partial charge on any atom is 0.200 e. The SMILES string of the molecule is CC(C)NCC(O)COc1ccc2c(=O)c(-c3ccccc3)c(Cc3ccccc3)oc2c1. The van der Waals surface area contributed by atoms with Crippen LogP contribution in [0.1, 0.15) is 25.2 Å². The van der Waals surface area contributed by atoms with Crippen molar-refractivity contribution in [2.24, 2.45) is 0 Å². The van der Waals surface area contributed by atoms with Crippen LogP contribution in [0.2, 0.25) is 0 Å². The van der Waals surface area contributed by atoms with E-state index in [0.29, 0.717) is 41.0 Å². The maximum absolute atomic E-state index is 13.5. The molecule has 0 aliphatic carbocycles. The largest absolute Gasteiger partial charge is 0.491 e. The number of aliphatic hydroxyl groups is 1. The molecule has 4 aromatic rings. The highest BCUT2D eigenvalue weighted by Gasteiger charge is 2.17. The van der Waals surface area contributed by atoms with E-state index in [1.807, 2.05) is 74.5 Å². The van der Waals surface area contributed by atoms with Gasteiger partial charge in [0, 0.05) is 25.1 Å². The minimum absolute atomic E-state index is 0.0684. The van der Waals surface area contributed by atoms with E-state index < -0.39 is 6.10 Å². The van der Waals surface area contributed by atoms with Crippen LogP contribution < -0.4 is 15.5 Å². The van der Waals surface area contributed by atoms with Gasteiger partial charge in [0.05, 0.1) is 10.9 Å². The number of fused-ring (bicyclic) bond motifs is 1. The predicted octanol–water partition coefficient (Wildman–Crippen LogP) is 4.79. The summed E-state index contributed by atoms with van der Waals surface area (Å²) >= 11 is 0. The van der Waals surface area contributed by atoms with E-state index in [2.05, 4.69) is 5.32 Å². The summed E-state index contributed by atoms with van der Waals surface area (Å²) in [7, 11) is 0. The molecule has 0 saturated heterocycles. The lowest BCUT2D eigenvalue weighted by molar-refractivity contribution is 0.104. The molecule has 1 unspecified atom stereocenters. The number of aliphatic hydroxyl groups excluding tert-OH is 1. The zero-order valence-electron chi connectivity index (χ0n) is 19.0. The van der Waals surface area contributed by atoms with Crippen molar-refractivity contribution in [1.82, 2.24) is 5.32 Å². The van der Waals surface area contributed by atoms with Gasteiger partial charge in [0.25, 0.3) is 0 Å². The van der Waals surface area contributed by atoms with Crippen LogP contribution in [0.5, 0.6) is 5.75 Å². The molecule has 33 heavy (non-hydrogen) atoms. The molecule has 0 aliphatic heterocycles. The Bertz CT molecular complexity index is 1250. The number of hydrogen-bond acceptors (Lipinski definition) is 5. The molecular formula is C28H29NO4. The van der Waals surface area contributed by atoms with Crippen molar-refractivity contribution in [3.05, 3.63) is 100 Å². The van der Waals surface area contributed by atoms with E-state index in [1.165, 1.54) is 0 Å². The van der Waals surface area contributed by atoms with Gasteiger partial charge in [-0.3, -0.25) is 4.79 Å². The normalized spacial score (nSPS) is 12.2. The van der Waals surface area contributed by atoms with Gasteiger partial charge in [0.15, 0.2) is 0 Å². The minimum atomic E-state index is -0.635. The first-order valence-corrected chi connectivity index (χ1v) is 11.2. The molecule has 5 nitrogen and oxygen atoms in total. The Morgan fingerprint density at radius 2 is 1.67 bits per heavy atom. The summed E-state index contributed by atoms with van der Waals surface area (Å²) in [6.07, 6.45) is -0.134. The fourth-order valence-electron chi connectivity index (χ4n) is 3.74. The zero-order valence-corrected chi connectivity index (χ0v) is 19.0. The minimum Gasteiger partial charge on any atom is -0.491 e. The average molecular weight is 444 g/mol. The standard InChI is InChI=1S/C28H29NO4/c1-19(2)29-17-22(30)18-32-23-13-14-24-25(16-23)33-26(15-20-9-5-3-6-10-20)27(28(24)31)21-11-7-4-8-12-21/h3-14,16,19,22,29-30H,15,17-18H2,1-2H3. The molecule has 0 saturated carbocycles. The second kappa shape index (κ2) is 10.5. The topological polar surface area (TPSA) is 71.7 Å². The van der Waals surface area contributed by atoms with E-state index in [1.54, 1.807) is 18.2 Å². The second-order valence-electron chi connectivity index (χ2n) is 8.44. The Kier molecular flexibility index (Phi) is 7.23. The van der Waals surface area contributed by atoms with Crippen molar-refractivity contribution >= 4 is 11.0 Å². The van der Waals surface area contributed by atoms with Crippen molar-refractivity contribution in [3.8, 4) is 16.9 Å². The van der Waals surface area contributed by atoms with Gasteiger partial charge in [-0.05, 0) is 23.3 Å². The van der Waals surface area contributed by atoms with Crippen LogP contribution in [0.15, 0.2) is 88.1 Å². The van der Waals surface area contributed by atoms with Crippen molar-refractivity contribution in [2.45, 2.75) is 32.4 Å². The van der Waals surface area contributed by atoms with Crippen molar-refractivity contribution in [1.29, 1.82) is 0 Å². The highest BCUT2D eigenvalue weighted by Crippen LogP contribution is 2.28. The van der Waals surface area contributed by atoms with E-state index in [-0.39, 0.29) is 18.1 Å². The van der Waals surface area contributed by atoms with Gasteiger partial charge in [-0.2, -0.15) is 0 Å².